The number of hydrogen-bond acceptors (Lipinski definition) is 5. The molecule has 0 aromatic heterocycles. The molecule has 1 heterocycles. The smallest absolute Gasteiger partial charge is 0.326 e. The third-order valence-electron chi connectivity index (χ3n) is 4.30. The van der Waals surface area contributed by atoms with Crippen molar-refractivity contribution >= 4 is 87.4 Å². The number of anilines is 1. The van der Waals surface area contributed by atoms with Crippen LogP contribution in [0.1, 0.15) is 26.3 Å². The van der Waals surface area contributed by atoms with Crippen LogP contribution in [-0.2, 0) is 14.3 Å². The second kappa shape index (κ2) is 9.22. The molecule has 2 aromatic rings. The highest BCUT2D eigenvalue weighted by Gasteiger charge is 2.42. The lowest BCUT2D eigenvalue weighted by Crippen LogP contribution is -2.36. The molecule has 31 heavy (non-hydrogen) atoms. The lowest BCUT2D eigenvalue weighted by atomic mass is 10.1. The molecule has 0 saturated carbocycles. The Balaban J connectivity index is 1.65. The molecular weight excluding hydrogens is 513 g/mol. The van der Waals surface area contributed by atoms with Gasteiger partial charge in [-0.3, -0.25) is 24.1 Å². The number of esters is 1. The van der Waals surface area contributed by atoms with Crippen LogP contribution in [0, 0.1) is 6.92 Å². The molecule has 0 spiro atoms. The first-order valence-corrected chi connectivity index (χ1v) is 10.4. The van der Waals surface area contributed by atoms with E-state index in [0.29, 0.717) is 21.2 Å². The van der Waals surface area contributed by atoms with E-state index in [1.807, 2.05) is 0 Å². The van der Waals surface area contributed by atoms with Crippen LogP contribution in [0.25, 0.3) is 0 Å². The van der Waals surface area contributed by atoms with Gasteiger partial charge in [-0.25, -0.2) is 0 Å². The molecule has 7 nitrogen and oxygen atoms in total. The zero-order chi connectivity index (χ0) is 23.0. The standard InChI is InChI=1S/C19H11Cl5N2O5/c1-7-4-8(20)2-3-9(7)25-10(27)6-31-11(28)5-26-18(29)12-13(19(26)30)15(22)17(24)16(23)14(12)21/h2-4H,5-6H2,1H3,(H,25,27). The van der Waals surface area contributed by atoms with Crippen molar-refractivity contribution in [1.82, 2.24) is 4.90 Å². The van der Waals surface area contributed by atoms with Gasteiger partial charge in [-0.05, 0) is 30.7 Å². The van der Waals surface area contributed by atoms with Crippen LogP contribution in [0.4, 0.5) is 5.69 Å². The number of carbonyl (C=O) groups excluding carboxylic acids is 4. The summed E-state index contributed by atoms with van der Waals surface area (Å²) in [5.41, 5.74) is 0.692. The van der Waals surface area contributed by atoms with Gasteiger partial charge in [0.25, 0.3) is 17.7 Å². The third-order valence-corrected chi connectivity index (χ3v) is 6.34. The van der Waals surface area contributed by atoms with E-state index in [-0.39, 0.29) is 31.2 Å². The fourth-order valence-electron chi connectivity index (χ4n) is 2.81. The minimum atomic E-state index is -0.998. The first-order valence-electron chi connectivity index (χ1n) is 8.46. The lowest BCUT2D eigenvalue weighted by Gasteiger charge is -2.13. The van der Waals surface area contributed by atoms with Crippen molar-refractivity contribution in [3.63, 3.8) is 0 Å². The van der Waals surface area contributed by atoms with E-state index in [4.69, 9.17) is 62.7 Å². The van der Waals surface area contributed by atoms with E-state index in [2.05, 4.69) is 5.32 Å². The van der Waals surface area contributed by atoms with Crippen molar-refractivity contribution in [1.29, 1.82) is 0 Å². The van der Waals surface area contributed by atoms with Gasteiger partial charge >= 0.3 is 5.97 Å². The number of fused-ring (bicyclic) bond motifs is 1. The average Bonchev–Trinajstić information content (AvgIpc) is 2.96. The van der Waals surface area contributed by atoms with E-state index >= 15 is 0 Å². The van der Waals surface area contributed by atoms with Gasteiger partial charge in [0.15, 0.2) is 6.61 Å². The predicted octanol–water partition coefficient (Wildman–Crippen LogP) is 5.04. The highest BCUT2D eigenvalue weighted by Crippen LogP contribution is 2.44. The number of imide groups is 1. The highest BCUT2D eigenvalue weighted by atomic mass is 35.5. The molecule has 0 bridgehead atoms. The number of nitrogens with zero attached hydrogens (tertiary/aromatic N) is 1. The third kappa shape index (κ3) is 4.61. The van der Waals surface area contributed by atoms with Crippen molar-refractivity contribution < 1.29 is 23.9 Å². The molecule has 1 N–H and O–H groups in total. The molecule has 0 radical (unpaired) electrons. The molecule has 0 atom stereocenters. The summed E-state index contributed by atoms with van der Waals surface area (Å²) in [5.74, 6) is -3.39. The van der Waals surface area contributed by atoms with Crippen molar-refractivity contribution in [3.05, 3.63) is 60.0 Å². The number of nitrogens with one attached hydrogen (secondary N) is 1. The van der Waals surface area contributed by atoms with Gasteiger partial charge in [0.1, 0.15) is 6.54 Å². The highest BCUT2D eigenvalue weighted by molar-refractivity contribution is 6.55. The first kappa shape index (κ1) is 23.6. The topological polar surface area (TPSA) is 92.8 Å². The molecule has 12 heteroatoms. The number of aryl methyl sites for hydroxylation is 1. The number of halogens is 5. The first-order chi connectivity index (χ1) is 14.5. The number of hydrogen-bond donors (Lipinski definition) is 1. The maximum Gasteiger partial charge on any atom is 0.326 e. The summed E-state index contributed by atoms with van der Waals surface area (Å²) in [5, 5.41) is 2.18. The summed E-state index contributed by atoms with van der Waals surface area (Å²) >= 11 is 29.8. The Morgan fingerprint density at radius 1 is 0.935 bits per heavy atom. The largest absolute Gasteiger partial charge is 0.454 e. The fraction of sp³-hybridized carbons (Fsp3) is 0.158. The molecule has 0 aliphatic carbocycles. The Hall–Kier alpha value is -2.03. The van der Waals surface area contributed by atoms with E-state index < -0.39 is 36.8 Å². The van der Waals surface area contributed by atoms with Crippen LogP contribution < -0.4 is 5.32 Å². The Bertz CT molecular complexity index is 1100. The summed E-state index contributed by atoms with van der Waals surface area (Å²) in [6, 6.07) is 4.84. The molecule has 1 aliphatic heterocycles. The second-order valence-corrected chi connectivity index (χ2v) is 8.32. The Morgan fingerprint density at radius 2 is 1.48 bits per heavy atom. The van der Waals surface area contributed by atoms with Crippen LogP contribution in [0.2, 0.25) is 25.1 Å². The van der Waals surface area contributed by atoms with Crippen molar-refractivity contribution in [2.45, 2.75) is 6.92 Å². The van der Waals surface area contributed by atoms with Gasteiger partial charge in [-0.15, -0.1) is 0 Å². The maximum absolute atomic E-state index is 12.6. The SMILES string of the molecule is Cc1cc(Cl)ccc1NC(=O)COC(=O)CN1C(=O)c2c(Cl)c(Cl)c(Cl)c(Cl)c2C1=O. The molecule has 0 fully saturated rings. The van der Waals surface area contributed by atoms with E-state index in [0.717, 1.165) is 0 Å². The lowest BCUT2D eigenvalue weighted by molar-refractivity contribution is -0.147. The monoisotopic (exact) mass is 522 g/mol. The quantitative estimate of drug-likeness (QED) is 0.256. The van der Waals surface area contributed by atoms with Crippen molar-refractivity contribution in [2.75, 3.05) is 18.5 Å². The van der Waals surface area contributed by atoms with E-state index in [9.17, 15) is 19.2 Å². The molecule has 3 rings (SSSR count). The van der Waals surface area contributed by atoms with Crippen molar-refractivity contribution in [3.8, 4) is 0 Å². The average molecular weight is 525 g/mol. The van der Waals surface area contributed by atoms with Crippen LogP contribution in [0.3, 0.4) is 0 Å². The summed E-state index contributed by atoms with van der Waals surface area (Å²) < 4.78 is 4.86. The molecular formula is C19H11Cl5N2O5. The minimum Gasteiger partial charge on any atom is -0.454 e. The van der Waals surface area contributed by atoms with Gasteiger partial charge in [-0.2, -0.15) is 0 Å². The second-order valence-electron chi connectivity index (χ2n) is 6.37. The number of ether oxygens (including phenoxy) is 1. The molecule has 3 amide bonds. The van der Waals surface area contributed by atoms with Gasteiger partial charge in [-0.1, -0.05) is 58.0 Å². The molecule has 0 saturated heterocycles. The van der Waals surface area contributed by atoms with Crippen LogP contribution >= 0.6 is 58.0 Å². The number of carbonyl (C=O) groups is 4. The number of amides is 3. The predicted molar refractivity (Wildman–Crippen MR) is 118 cm³/mol. The number of benzene rings is 2. The van der Waals surface area contributed by atoms with Gasteiger partial charge in [0, 0.05) is 10.7 Å². The zero-order valence-corrected chi connectivity index (χ0v) is 19.3. The summed E-state index contributed by atoms with van der Waals surface area (Å²) in [7, 11) is 0. The van der Waals surface area contributed by atoms with Crippen LogP contribution in [0.5, 0.6) is 0 Å². The zero-order valence-electron chi connectivity index (χ0n) is 15.5. The van der Waals surface area contributed by atoms with Crippen LogP contribution in [-0.4, -0.2) is 41.7 Å². The van der Waals surface area contributed by atoms with Crippen LogP contribution in [0.15, 0.2) is 18.2 Å². The molecule has 0 unspecified atom stereocenters. The fourth-order valence-corrected chi connectivity index (χ4v) is 4.05. The normalized spacial score (nSPS) is 12.8. The molecule has 2 aromatic carbocycles. The van der Waals surface area contributed by atoms with E-state index in [1.165, 1.54) is 0 Å². The Morgan fingerprint density at radius 3 is 2.00 bits per heavy atom. The summed E-state index contributed by atoms with van der Waals surface area (Å²) in [6.07, 6.45) is 0. The van der Waals surface area contributed by atoms with Gasteiger partial charge < -0.3 is 10.1 Å². The minimum absolute atomic E-state index is 0.188. The van der Waals surface area contributed by atoms with Crippen molar-refractivity contribution in [2.24, 2.45) is 0 Å². The van der Waals surface area contributed by atoms with Gasteiger partial charge in [0.05, 0.1) is 31.2 Å². The maximum atomic E-state index is 12.6. The summed E-state index contributed by atoms with van der Waals surface area (Å²) in [6.45, 7) is 0.343. The van der Waals surface area contributed by atoms with Gasteiger partial charge in [0.2, 0.25) is 0 Å². The Kier molecular flexibility index (Phi) is 7.03. The molecule has 1 aliphatic rings. The Labute approximate surface area is 201 Å². The summed E-state index contributed by atoms with van der Waals surface area (Å²) in [4.78, 5) is 49.9. The van der Waals surface area contributed by atoms with E-state index in [1.54, 1.807) is 25.1 Å². The molecule has 162 valence electrons. The number of rotatable bonds is 5.